The number of hydrogen-bond donors (Lipinski definition) is 1. The van der Waals surface area contributed by atoms with Gasteiger partial charge in [-0.2, -0.15) is 0 Å². The molecule has 0 aliphatic carbocycles. The van der Waals surface area contributed by atoms with Crippen LogP contribution in [0.1, 0.15) is 11.1 Å². The Bertz CT molecular complexity index is 970. The summed E-state index contributed by atoms with van der Waals surface area (Å²) in [6.45, 7) is 1.41. The summed E-state index contributed by atoms with van der Waals surface area (Å²) in [6.07, 6.45) is 2.48. The van der Waals surface area contributed by atoms with E-state index in [1.165, 1.54) is 13.0 Å². The van der Waals surface area contributed by atoms with Crippen LogP contribution in [0.25, 0.3) is 6.08 Å². The molecule has 0 aliphatic heterocycles. The van der Waals surface area contributed by atoms with Gasteiger partial charge in [-0.3, -0.25) is 14.9 Å². The third kappa shape index (κ3) is 4.88. The summed E-state index contributed by atoms with van der Waals surface area (Å²) in [5.74, 6) is -0.849. The zero-order valence-electron chi connectivity index (χ0n) is 13.0. The zero-order valence-corrected chi connectivity index (χ0v) is 14.5. The van der Waals surface area contributed by atoms with Crippen molar-refractivity contribution in [3.63, 3.8) is 0 Å². The Morgan fingerprint density at radius 1 is 1.24 bits per heavy atom. The topological polar surface area (TPSA) is 106 Å². The first-order valence-electron chi connectivity index (χ1n) is 6.94. The summed E-state index contributed by atoms with van der Waals surface area (Å²) in [5, 5.41) is 11.2. The van der Waals surface area contributed by atoms with Gasteiger partial charge in [-0.1, -0.05) is 23.7 Å². The number of non-ortho nitro benzene ring substituents is 1. The first-order valence-corrected chi connectivity index (χ1v) is 8.80. The molecule has 25 heavy (non-hydrogen) atoms. The minimum Gasteiger partial charge on any atom is -0.269 e. The molecule has 0 saturated heterocycles. The fraction of sp³-hybridized carbons (Fsp3) is 0.0625. The number of carbonyl (C=O) groups excluding carboxylic acids is 1. The van der Waals surface area contributed by atoms with E-state index in [9.17, 15) is 23.3 Å². The summed E-state index contributed by atoms with van der Waals surface area (Å²) in [5.41, 5.74) is 0.559. The molecule has 0 spiro atoms. The molecule has 0 saturated carbocycles. The number of nitro groups is 1. The van der Waals surface area contributed by atoms with Crippen molar-refractivity contribution in [3.05, 3.63) is 74.8 Å². The van der Waals surface area contributed by atoms with Crippen LogP contribution >= 0.6 is 11.6 Å². The van der Waals surface area contributed by atoms with E-state index < -0.39 is 20.9 Å². The molecule has 2 rings (SSSR count). The highest BCUT2D eigenvalue weighted by Gasteiger charge is 2.20. The van der Waals surface area contributed by atoms with Gasteiger partial charge in [0.1, 0.15) is 0 Å². The van der Waals surface area contributed by atoms with Crippen molar-refractivity contribution in [3.8, 4) is 0 Å². The predicted molar refractivity (Wildman–Crippen MR) is 93.6 cm³/mol. The molecule has 0 radical (unpaired) electrons. The molecular formula is C16H13ClN2O5S. The number of aryl methyl sites for hydroxylation is 1. The highest BCUT2D eigenvalue weighted by atomic mass is 35.5. The number of sulfonamides is 1. The Labute approximate surface area is 149 Å². The summed E-state index contributed by atoms with van der Waals surface area (Å²) < 4.78 is 26.4. The number of nitrogens with zero attached hydrogens (tertiary/aromatic N) is 1. The lowest BCUT2D eigenvalue weighted by molar-refractivity contribution is -0.385. The third-order valence-electron chi connectivity index (χ3n) is 3.17. The molecule has 0 fully saturated rings. The number of nitro benzene ring substituents is 1. The number of rotatable bonds is 5. The molecule has 0 aromatic heterocycles. The van der Waals surface area contributed by atoms with Gasteiger partial charge in [0.2, 0.25) is 0 Å². The fourth-order valence-corrected chi connectivity index (χ4v) is 3.42. The number of carbonyl (C=O) groups is 1. The molecule has 2 aromatic carbocycles. The Hall–Kier alpha value is -2.71. The Morgan fingerprint density at radius 3 is 2.56 bits per heavy atom. The maximum Gasteiger partial charge on any atom is 0.269 e. The lowest BCUT2D eigenvalue weighted by atomic mass is 10.2. The van der Waals surface area contributed by atoms with Gasteiger partial charge in [-0.15, -0.1) is 0 Å². The lowest BCUT2D eigenvalue weighted by Crippen LogP contribution is -2.29. The van der Waals surface area contributed by atoms with Gasteiger partial charge in [0.15, 0.2) is 0 Å². The van der Waals surface area contributed by atoms with Crippen LogP contribution in [0.15, 0.2) is 53.4 Å². The average molecular weight is 381 g/mol. The van der Waals surface area contributed by atoms with E-state index in [0.29, 0.717) is 10.6 Å². The Kier molecular flexibility index (Phi) is 5.55. The van der Waals surface area contributed by atoms with Crippen molar-refractivity contribution in [2.24, 2.45) is 0 Å². The van der Waals surface area contributed by atoms with Gasteiger partial charge in [0, 0.05) is 23.2 Å². The number of amides is 1. The van der Waals surface area contributed by atoms with E-state index in [0.717, 1.165) is 24.3 Å². The second-order valence-corrected chi connectivity index (χ2v) is 7.15. The van der Waals surface area contributed by atoms with Crippen molar-refractivity contribution in [2.45, 2.75) is 11.8 Å². The van der Waals surface area contributed by atoms with Crippen molar-refractivity contribution >= 4 is 39.3 Å². The number of halogens is 1. The van der Waals surface area contributed by atoms with Gasteiger partial charge in [-0.05, 0) is 42.3 Å². The number of hydrogen-bond acceptors (Lipinski definition) is 5. The Morgan fingerprint density at radius 2 is 1.96 bits per heavy atom. The van der Waals surface area contributed by atoms with Crippen LogP contribution in [0.5, 0.6) is 0 Å². The largest absolute Gasteiger partial charge is 0.269 e. The monoisotopic (exact) mass is 380 g/mol. The molecule has 1 amide bonds. The van der Waals surface area contributed by atoms with Gasteiger partial charge in [-0.25, -0.2) is 13.1 Å². The highest BCUT2D eigenvalue weighted by Crippen LogP contribution is 2.21. The molecule has 9 heteroatoms. The first-order chi connectivity index (χ1) is 11.7. The predicted octanol–water partition coefficient (Wildman–Crippen LogP) is 3.07. The van der Waals surface area contributed by atoms with Crippen LogP contribution in [0.3, 0.4) is 0 Å². The highest BCUT2D eigenvalue weighted by molar-refractivity contribution is 7.90. The van der Waals surface area contributed by atoms with Crippen LogP contribution in [-0.4, -0.2) is 19.2 Å². The standard InChI is InChI=1S/C16H13ClN2O5S/c1-11-9-14(19(21)22)6-7-15(11)25(23,24)18-16(20)8-5-12-3-2-4-13(17)10-12/h2-10H,1H3,(H,18,20)/b8-5-. The van der Waals surface area contributed by atoms with Gasteiger partial charge >= 0.3 is 0 Å². The van der Waals surface area contributed by atoms with Crippen molar-refractivity contribution in [1.29, 1.82) is 0 Å². The van der Waals surface area contributed by atoms with Crippen LogP contribution in [0, 0.1) is 17.0 Å². The summed E-state index contributed by atoms with van der Waals surface area (Å²) in [6, 6.07) is 9.95. The second-order valence-electron chi connectivity index (χ2n) is 5.06. The normalized spacial score (nSPS) is 11.4. The van der Waals surface area contributed by atoms with Crippen LogP contribution in [-0.2, 0) is 14.8 Å². The van der Waals surface area contributed by atoms with Crippen LogP contribution < -0.4 is 4.72 Å². The fourth-order valence-electron chi connectivity index (χ4n) is 2.05. The molecule has 0 heterocycles. The molecule has 0 unspecified atom stereocenters. The molecule has 2 aromatic rings. The molecule has 130 valence electrons. The SMILES string of the molecule is Cc1cc([N+](=O)[O-])ccc1S(=O)(=O)NC(=O)/C=C\c1cccc(Cl)c1. The maximum absolute atomic E-state index is 12.3. The van der Waals surface area contributed by atoms with E-state index in [1.807, 2.05) is 4.72 Å². The second kappa shape index (κ2) is 7.45. The van der Waals surface area contributed by atoms with Gasteiger partial charge in [0.25, 0.3) is 21.6 Å². The van der Waals surface area contributed by atoms with Gasteiger partial charge < -0.3 is 0 Å². The van der Waals surface area contributed by atoms with Crippen molar-refractivity contribution < 1.29 is 18.1 Å². The van der Waals surface area contributed by atoms with E-state index in [-0.39, 0.29) is 16.1 Å². The summed E-state index contributed by atoms with van der Waals surface area (Å²) >= 11 is 5.82. The van der Waals surface area contributed by atoms with E-state index in [2.05, 4.69) is 0 Å². The van der Waals surface area contributed by atoms with Gasteiger partial charge in [0.05, 0.1) is 9.82 Å². The first kappa shape index (κ1) is 18.6. The van der Waals surface area contributed by atoms with Crippen LogP contribution in [0.4, 0.5) is 5.69 Å². The summed E-state index contributed by atoms with van der Waals surface area (Å²) in [7, 11) is -4.14. The van der Waals surface area contributed by atoms with Crippen LogP contribution in [0.2, 0.25) is 5.02 Å². The maximum atomic E-state index is 12.3. The van der Waals surface area contributed by atoms with E-state index in [1.54, 1.807) is 24.3 Å². The number of nitrogens with one attached hydrogen (secondary N) is 1. The molecule has 7 nitrogen and oxygen atoms in total. The third-order valence-corrected chi connectivity index (χ3v) is 4.91. The molecular weight excluding hydrogens is 368 g/mol. The summed E-state index contributed by atoms with van der Waals surface area (Å²) in [4.78, 5) is 21.7. The van der Waals surface area contributed by atoms with Crippen molar-refractivity contribution in [2.75, 3.05) is 0 Å². The molecule has 0 atom stereocenters. The lowest BCUT2D eigenvalue weighted by Gasteiger charge is -2.07. The number of benzene rings is 2. The minimum absolute atomic E-state index is 0.160. The van der Waals surface area contributed by atoms with Crippen molar-refractivity contribution in [1.82, 2.24) is 4.72 Å². The smallest absolute Gasteiger partial charge is 0.269 e. The zero-order chi connectivity index (χ0) is 18.6. The average Bonchev–Trinajstić information content (AvgIpc) is 2.52. The molecule has 0 bridgehead atoms. The van der Waals surface area contributed by atoms with E-state index >= 15 is 0 Å². The Balaban J connectivity index is 2.18. The minimum atomic E-state index is -4.14. The quantitative estimate of drug-likeness (QED) is 0.487. The molecule has 1 N–H and O–H groups in total. The van der Waals surface area contributed by atoms with E-state index in [4.69, 9.17) is 11.6 Å². The molecule has 0 aliphatic rings.